The molecule has 0 saturated heterocycles. The molecule has 0 saturated carbocycles. The van der Waals surface area contributed by atoms with Crippen LogP contribution in [0.5, 0.6) is 5.75 Å². The molecule has 0 aliphatic heterocycles. The monoisotopic (exact) mass is 298 g/mol. The molecule has 118 valence electrons. The Morgan fingerprint density at radius 1 is 1.05 bits per heavy atom. The molecule has 0 aliphatic rings. The normalized spacial score (nSPS) is 13.6. The van der Waals surface area contributed by atoms with Crippen LogP contribution in [0.15, 0.2) is 54.6 Å². The predicted molar refractivity (Wildman–Crippen MR) is 91.9 cm³/mol. The molecular formula is C19H26N2O. The quantitative estimate of drug-likeness (QED) is 0.785. The third-order valence-electron chi connectivity index (χ3n) is 3.99. The van der Waals surface area contributed by atoms with Gasteiger partial charge in [-0.2, -0.15) is 0 Å². The zero-order chi connectivity index (χ0) is 15.8. The van der Waals surface area contributed by atoms with Gasteiger partial charge >= 0.3 is 0 Å². The molecule has 22 heavy (non-hydrogen) atoms. The summed E-state index contributed by atoms with van der Waals surface area (Å²) in [6, 6.07) is 18.4. The first-order chi connectivity index (χ1) is 10.7. The second kappa shape index (κ2) is 7.97. The molecule has 3 nitrogen and oxygen atoms in total. The number of benzene rings is 2. The molecule has 0 aromatic heterocycles. The molecule has 2 aromatic carbocycles. The van der Waals surface area contributed by atoms with Gasteiger partial charge in [0.15, 0.2) is 0 Å². The third-order valence-corrected chi connectivity index (χ3v) is 3.99. The van der Waals surface area contributed by atoms with Gasteiger partial charge in [0, 0.05) is 18.7 Å². The number of nitrogens with one attached hydrogen (secondary N) is 1. The molecule has 0 radical (unpaired) electrons. The largest absolute Gasteiger partial charge is 0.496 e. The van der Waals surface area contributed by atoms with E-state index in [-0.39, 0.29) is 5.54 Å². The maximum Gasteiger partial charge on any atom is 0.123 e. The summed E-state index contributed by atoms with van der Waals surface area (Å²) in [6.07, 6.45) is 2.01. The van der Waals surface area contributed by atoms with E-state index >= 15 is 0 Å². The summed E-state index contributed by atoms with van der Waals surface area (Å²) in [5, 5.41) is 3.50. The summed E-state index contributed by atoms with van der Waals surface area (Å²) in [6.45, 7) is 3.66. The third kappa shape index (κ3) is 4.09. The van der Waals surface area contributed by atoms with Gasteiger partial charge in [-0.05, 0) is 18.1 Å². The van der Waals surface area contributed by atoms with Crippen molar-refractivity contribution in [2.75, 3.05) is 13.7 Å². The van der Waals surface area contributed by atoms with Crippen molar-refractivity contribution in [2.45, 2.75) is 31.8 Å². The minimum absolute atomic E-state index is 0.335. The lowest BCUT2D eigenvalue weighted by Gasteiger charge is -2.30. The summed E-state index contributed by atoms with van der Waals surface area (Å²) in [5.41, 5.74) is 8.67. The first-order valence-electron chi connectivity index (χ1n) is 7.86. The number of rotatable bonds is 8. The molecule has 0 aliphatic carbocycles. The fourth-order valence-electron chi connectivity index (χ4n) is 2.82. The van der Waals surface area contributed by atoms with Gasteiger partial charge in [-0.15, -0.1) is 0 Å². The van der Waals surface area contributed by atoms with Crippen LogP contribution < -0.4 is 15.8 Å². The second-order valence-electron chi connectivity index (χ2n) is 5.69. The maximum absolute atomic E-state index is 6.67. The highest BCUT2D eigenvalue weighted by Crippen LogP contribution is 2.23. The van der Waals surface area contributed by atoms with Gasteiger partial charge in [0.05, 0.1) is 12.6 Å². The van der Waals surface area contributed by atoms with Crippen LogP contribution in [0.25, 0.3) is 0 Å². The van der Waals surface area contributed by atoms with Crippen LogP contribution >= 0.6 is 0 Å². The van der Waals surface area contributed by atoms with E-state index in [4.69, 9.17) is 10.5 Å². The lowest BCUT2D eigenvalue weighted by molar-refractivity contribution is 0.370. The van der Waals surface area contributed by atoms with Gasteiger partial charge in [0.2, 0.25) is 0 Å². The predicted octanol–water partition coefficient (Wildman–Crippen LogP) is 3.44. The van der Waals surface area contributed by atoms with Crippen molar-refractivity contribution in [3.63, 3.8) is 0 Å². The molecule has 0 amide bonds. The first-order valence-corrected chi connectivity index (χ1v) is 7.86. The van der Waals surface area contributed by atoms with Gasteiger partial charge in [-0.3, -0.25) is 0 Å². The Balaban J connectivity index is 2.03. The van der Waals surface area contributed by atoms with Crippen molar-refractivity contribution in [2.24, 2.45) is 5.73 Å². The number of nitrogens with two attached hydrogens (primary N) is 1. The zero-order valence-electron chi connectivity index (χ0n) is 13.5. The van der Waals surface area contributed by atoms with Crippen molar-refractivity contribution in [3.8, 4) is 5.75 Å². The van der Waals surface area contributed by atoms with Crippen molar-refractivity contribution in [3.05, 3.63) is 65.7 Å². The minimum atomic E-state index is -0.335. The Hall–Kier alpha value is -1.84. The SMILES string of the molecule is CCCC(N)(CNCc1ccccc1OC)c1ccccc1. The lowest BCUT2D eigenvalue weighted by atomic mass is 9.86. The van der Waals surface area contributed by atoms with Gasteiger partial charge in [0.25, 0.3) is 0 Å². The molecule has 2 aromatic rings. The van der Waals surface area contributed by atoms with Gasteiger partial charge < -0.3 is 15.8 Å². The van der Waals surface area contributed by atoms with Crippen molar-refractivity contribution < 1.29 is 4.74 Å². The molecule has 0 bridgehead atoms. The molecular weight excluding hydrogens is 272 g/mol. The number of hydrogen-bond donors (Lipinski definition) is 2. The van der Waals surface area contributed by atoms with E-state index in [1.165, 1.54) is 5.56 Å². The highest BCUT2D eigenvalue weighted by Gasteiger charge is 2.25. The van der Waals surface area contributed by atoms with E-state index in [2.05, 4.69) is 30.4 Å². The van der Waals surface area contributed by atoms with Crippen LogP contribution in [-0.2, 0) is 12.1 Å². The summed E-state index contributed by atoms with van der Waals surface area (Å²) >= 11 is 0. The standard InChI is InChI=1S/C19H26N2O/c1-3-13-19(20,17-10-5-4-6-11-17)15-21-14-16-9-7-8-12-18(16)22-2/h4-12,21H,3,13-15,20H2,1-2H3. The van der Waals surface area contributed by atoms with E-state index in [9.17, 15) is 0 Å². The highest BCUT2D eigenvalue weighted by atomic mass is 16.5. The highest BCUT2D eigenvalue weighted by molar-refractivity contribution is 5.33. The van der Waals surface area contributed by atoms with Crippen LogP contribution in [0.4, 0.5) is 0 Å². The Morgan fingerprint density at radius 3 is 2.41 bits per heavy atom. The summed E-state index contributed by atoms with van der Waals surface area (Å²) in [5.74, 6) is 0.910. The fraction of sp³-hybridized carbons (Fsp3) is 0.368. The van der Waals surface area contributed by atoms with Gasteiger partial charge in [-0.1, -0.05) is 61.9 Å². The van der Waals surface area contributed by atoms with Crippen molar-refractivity contribution in [1.82, 2.24) is 5.32 Å². The number of para-hydroxylation sites is 1. The molecule has 0 spiro atoms. The van der Waals surface area contributed by atoms with Crippen LogP contribution in [0.1, 0.15) is 30.9 Å². The molecule has 0 fully saturated rings. The van der Waals surface area contributed by atoms with Crippen LogP contribution in [0.3, 0.4) is 0 Å². The number of ether oxygens (including phenoxy) is 1. The summed E-state index contributed by atoms with van der Waals surface area (Å²) in [7, 11) is 1.70. The van der Waals surface area contributed by atoms with Crippen LogP contribution in [0.2, 0.25) is 0 Å². The van der Waals surface area contributed by atoms with E-state index in [1.807, 2.05) is 36.4 Å². The fourth-order valence-corrected chi connectivity index (χ4v) is 2.82. The second-order valence-corrected chi connectivity index (χ2v) is 5.69. The topological polar surface area (TPSA) is 47.3 Å². The molecule has 3 N–H and O–H groups in total. The van der Waals surface area contributed by atoms with E-state index in [0.717, 1.165) is 37.2 Å². The summed E-state index contributed by atoms with van der Waals surface area (Å²) < 4.78 is 5.39. The van der Waals surface area contributed by atoms with Crippen molar-refractivity contribution >= 4 is 0 Å². The Morgan fingerprint density at radius 2 is 1.73 bits per heavy atom. The minimum Gasteiger partial charge on any atom is -0.496 e. The van der Waals surface area contributed by atoms with E-state index < -0.39 is 0 Å². The van der Waals surface area contributed by atoms with Gasteiger partial charge in [0.1, 0.15) is 5.75 Å². The molecule has 1 atom stereocenters. The Bertz CT molecular complexity index is 571. The van der Waals surface area contributed by atoms with Crippen LogP contribution in [-0.4, -0.2) is 13.7 Å². The maximum atomic E-state index is 6.67. The van der Waals surface area contributed by atoms with Gasteiger partial charge in [-0.25, -0.2) is 0 Å². The molecule has 1 unspecified atom stereocenters. The average molecular weight is 298 g/mol. The lowest BCUT2D eigenvalue weighted by Crippen LogP contribution is -2.45. The van der Waals surface area contributed by atoms with E-state index in [1.54, 1.807) is 7.11 Å². The number of hydrogen-bond acceptors (Lipinski definition) is 3. The van der Waals surface area contributed by atoms with E-state index in [0.29, 0.717) is 0 Å². The first kappa shape index (κ1) is 16.5. The smallest absolute Gasteiger partial charge is 0.123 e. The Kier molecular flexibility index (Phi) is 5.99. The molecule has 3 heteroatoms. The Labute approximate surface area is 133 Å². The molecule has 2 rings (SSSR count). The number of methoxy groups -OCH3 is 1. The van der Waals surface area contributed by atoms with Crippen LogP contribution in [0, 0.1) is 0 Å². The summed E-state index contributed by atoms with van der Waals surface area (Å²) in [4.78, 5) is 0. The zero-order valence-corrected chi connectivity index (χ0v) is 13.5. The molecule has 0 heterocycles. The van der Waals surface area contributed by atoms with Crippen molar-refractivity contribution in [1.29, 1.82) is 0 Å². The average Bonchev–Trinajstić information content (AvgIpc) is 2.56.